The lowest BCUT2D eigenvalue weighted by Crippen LogP contribution is -2.08. The molecule has 19 heavy (non-hydrogen) atoms. The minimum Gasteiger partial charge on any atom is -0.289 e. The molecule has 0 aliphatic heterocycles. The van der Waals surface area contributed by atoms with Crippen molar-refractivity contribution in [3.05, 3.63) is 69.7 Å². The maximum atomic E-state index is 12.6. The highest BCUT2D eigenvalue weighted by Gasteiger charge is 2.16. The molecule has 0 spiro atoms. The molecule has 2 aromatic rings. The molecule has 0 saturated carbocycles. The molecule has 0 saturated heterocycles. The molecular weight excluding hydrogens is 256 g/mol. The predicted octanol–water partition coefficient (Wildman–Crippen LogP) is 4.70. The quantitative estimate of drug-likeness (QED) is 0.738. The molecule has 2 rings (SSSR count). The van der Waals surface area contributed by atoms with E-state index < -0.39 is 0 Å². The Morgan fingerprint density at radius 2 is 1.63 bits per heavy atom. The van der Waals surface area contributed by atoms with E-state index in [0.29, 0.717) is 10.6 Å². The van der Waals surface area contributed by atoms with Crippen LogP contribution in [0.4, 0.5) is 0 Å². The molecule has 1 nitrogen and oxygen atoms in total. The Kier molecular flexibility index (Phi) is 4.39. The molecule has 0 heterocycles. The normalized spacial score (nSPS) is 10.5. The highest BCUT2D eigenvalue weighted by Crippen LogP contribution is 2.23. The Morgan fingerprint density at radius 1 is 0.947 bits per heavy atom. The molecule has 0 aliphatic rings. The molecule has 0 amide bonds. The van der Waals surface area contributed by atoms with E-state index in [1.54, 1.807) is 12.1 Å². The zero-order chi connectivity index (χ0) is 13.8. The number of carbonyl (C=O) groups excluding carboxylic acids is 1. The van der Waals surface area contributed by atoms with Crippen molar-refractivity contribution in [2.24, 2.45) is 0 Å². The van der Waals surface area contributed by atoms with Crippen LogP contribution < -0.4 is 0 Å². The van der Waals surface area contributed by atoms with Crippen LogP contribution in [-0.4, -0.2) is 5.78 Å². The second-order valence-corrected chi connectivity index (χ2v) is 4.87. The first kappa shape index (κ1) is 13.8. The summed E-state index contributed by atoms with van der Waals surface area (Å²) in [6, 6.07) is 13.1. The largest absolute Gasteiger partial charge is 0.289 e. The third-order valence-corrected chi connectivity index (χ3v) is 3.70. The number of rotatable bonds is 4. The fourth-order valence-corrected chi connectivity index (χ4v) is 2.61. The molecule has 0 unspecified atom stereocenters. The Bertz CT molecular complexity index is 602. The van der Waals surface area contributed by atoms with Crippen molar-refractivity contribution >= 4 is 17.4 Å². The summed E-state index contributed by atoms with van der Waals surface area (Å²) in [5, 5.41) is 0.511. The first-order valence-electron chi connectivity index (χ1n) is 6.59. The lowest BCUT2D eigenvalue weighted by atomic mass is 9.92. The highest BCUT2D eigenvalue weighted by atomic mass is 35.5. The van der Waals surface area contributed by atoms with E-state index in [4.69, 9.17) is 11.6 Å². The molecule has 0 bridgehead atoms. The van der Waals surface area contributed by atoms with E-state index in [1.165, 1.54) is 5.56 Å². The molecule has 0 radical (unpaired) electrons. The van der Waals surface area contributed by atoms with Crippen LogP contribution in [0.3, 0.4) is 0 Å². The van der Waals surface area contributed by atoms with Gasteiger partial charge >= 0.3 is 0 Å². The number of benzene rings is 2. The minimum absolute atomic E-state index is 0.0118. The standard InChI is InChI=1S/C17H17ClO/c1-3-12-8-7-10-14(13(12)4-2)17(19)15-9-5-6-11-16(15)18/h5-11H,3-4H2,1-2H3. The molecule has 2 heteroatoms. The monoisotopic (exact) mass is 272 g/mol. The van der Waals surface area contributed by atoms with Gasteiger partial charge in [0, 0.05) is 11.1 Å². The first-order valence-corrected chi connectivity index (χ1v) is 6.96. The molecule has 0 fully saturated rings. The molecule has 0 aliphatic carbocycles. The Hall–Kier alpha value is -1.60. The van der Waals surface area contributed by atoms with Gasteiger partial charge in [-0.1, -0.05) is 55.8 Å². The van der Waals surface area contributed by atoms with Crippen LogP contribution >= 0.6 is 11.6 Å². The summed E-state index contributed by atoms with van der Waals surface area (Å²) in [5.41, 5.74) is 3.72. The van der Waals surface area contributed by atoms with Crippen LogP contribution in [0.5, 0.6) is 0 Å². The summed E-state index contributed by atoms with van der Waals surface area (Å²) in [4.78, 5) is 12.6. The van der Waals surface area contributed by atoms with Crippen molar-refractivity contribution in [3.63, 3.8) is 0 Å². The van der Waals surface area contributed by atoms with Crippen LogP contribution in [0, 0.1) is 0 Å². The van der Waals surface area contributed by atoms with Crippen molar-refractivity contribution in [3.8, 4) is 0 Å². The maximum Gasteiger partial charge on any atom is 0.194 e. The molecule has 0 N–H and O–H groups in total. The zero-order valence-corrected chi connectivity index (χ0v) is 12.0. The molecule has 2 aromatic carbocycles. The average molecular weight is 273 g/mol. The Labute approximate surface area is 119 Å². The summed E-state index contributed by atoms with van der Waals surface area (Å²) < 4.78 is 0. The number of hydrogen-bond donors (Lipinski definition) is 0. The SMILES string of the molecule is CCc1cccc(C(=O)c2ccccc2Cl)c1CC. The van der Waals surface area contributed by atoms with Gasteiger partial charge in [-0.05, 0) is 36.1 Å². The fourth-order valence-electron chi connectivity index (χ4n) is 2.39. The van der Waals surface area contributed by atoms with Crippen molar-refractivity contribution < 1.29 is 4.79 Å². The predicted molar refractivity (Wildman–Crippen MR) is 80.1 cm³/mol. The van der Waals surface area contributed by atoms with Crippen molar-refractivity contribution in [2.75, 3.05) is 0 Å². The van der Waals surface area contributed by atoms with E-state index in [9.17, 15) is 4.79 Å². The van der Waals surface area contributed by atoms with E-state index >= 15 is 0 Å². The second kappa shape index (κ2) is 6.03. The van der Waals surface area contributed by atoms with Crippen molar-refractivity contribution in [1.29, 1.82) is 0 Å². The lowest BCUT2D eigenvalue weighted by Gasteiger charge is -2.12. The Balaban J connectivity index is 2.54. The van der Waals surface area contributed by atoms with E-state index in [1.807, 2.05) is 24.3 Å². The van der Waals surface area contributed by atoms with Crippen LogP contribution in [0.25, 0.3) is 0 Å². The number of ketones is 1. The maximum absolute atomic E-state index is 12.6. The molecule has 0 atom stereocenters. The number of carbonyl (C=O) groups is 1. The van der Waals surface area contributed by atoms with Gasteiger partial charge in [0.1, 0.15) is 0 Å². The van der Waals surface area contributed by atoms with Crippen molar-refractivity contribution in [2.45, 2.75) is 26.7 Å². The molecular formula is C17H17ClO. The van der Waals surface area contributed by atoms with Gasteiger partial charge in [0.05, 0.1) is 5.02 Å². The number of aryl methyl sites for hydroxylation is 1. The summed E-state index contributed by atoms with van der Waals surface area (Å²) in [7, 11) is 0. The van der Waals surface area contributed by atoms with Gasteiger partial charge in [-0.2, -0.15) is 0 Å². The summed E-state index contributed by atoms with van der Waals surface area (Å²) in [5.74, 6) is 0.0118. The number of halogens is 1. The summed E-state index contributed by atoms with van der Waals surface area (Å²) >= 11 is 6.12. The van der Waals surface area contributed by atoms with E-state index in [2.05, 4.69) is 19.9 Å². The fraction of sp³-hybridized carbons (Fsp3) is 0.235. The van der Waals surface area contributed by atoms with Gasteiger partial charge in [-0.15, -0.1) is 0 Å². The van der Waals surface area contributed by atoms with Gasteiger partial charge < -0.3 is 0 Å². The highest BCUT2D eigenvalue weighted by molar-refractivity contribution is 6.35. The van der Waals surface area contributed by atoms with Gasteiger partial charge in [-0.25, -0.2) is 0 Å². The smallest absolute Gasteiger partial charge is 0.194 e. The second-order valence-electron chi connectivity index (χ2n) is 4.46. The minimum atomic E-state index is 0.0118. The number of hydrogen-bond acceptors (Lipinski definition) is 1. The van der Waals surface area contributed by atoms with Crippen LogP contribution in [0.1, 0.15) is 40.9 Å². The van der Waals surface area contributed by atoms with Gasteiger partial charge in [0.15, 0.2) is 5.78 Å². The van der Waals surface area contributed by atoms with Gasteiger partial charge in [0.2, 0.25) is 0 Å². The van der Waals surface area contributed by atoms with Gasteiger partial charge in [-0.3, -0.25) is 4.79 Å². The Morgan fingerprint density at radius 3 is 2.26 bits per heavy atom. The first-order chi connectivity index (χ1) is 9.19. The molecule has 98 valence electrons. The average Bonchev–Trinajstić information content (AvgIpc) is 2.46. The third-order valence-electron chi connectivity index (χ3n) is 3.37. The summed E-state index contributed by atoms with van der Waals surface area (Å²) in [6.45, 7) is 4.19. The molecule has 0 aromatic heterocycles. The van der Waals surface area contributed by atoms with Gasteiger partial charge in [0.25, 0.3) is 0 Å². The van der Waals surface area contributed by atoms with Crippen LogP contribution in [-0.2, 0) is 12.8 Å². The van der Waals surface area contributed by atoms with Crippen molar-refractivity contribution in [1.82, 2.24) is 0 Å². The zero-order valence-electron chi connectivity index (χ0n) is 11.2. The van der Waals surface area contributed by atoms with Crippen LogP contribution in [0.15, 0.2) is 42.5 Å². The topological polar surface area (TPSA) is 17.1 Å². The third kappa shape index (κ3) is 2.71. The lowest BCUT2D eigenvalue weighted by molar-refractivity contribution is 0.103. The van der Waals surface area contributed by atoms with E-state index in [-0.39, 0.29) is 5.78 Å². The summed E-state index contributed by atoms with van der Waals surface area (Å²) in [6.07, 6.45) is 1.79. The van der Waals surface area contributed by atoms with E-state index in [0.717, 1.165) is 24.0 Å². The van der Waals surface area contributed by atoms with Crippen LogP contribution in [0.2, 0.25) is 5.02 Å².